The topological polar surface area (TPSA) is 73.7 Å². The molecule has 210 valence electrons. The molecule has 8 heteroatoms. The summed E-state index contributed by atoms with van der Waals surface area (Å²) >= 11 is 0. The van der Waals surface area contributed by atoms with Gasteiger partial charge in [-0.2, -0.15) is 0 Å². The quantitative estimate of drug-likeness (QED) is 0.185. The van der Waals surface area contributed by atoms with Crippen LogP contribution in [0.1, 0.15) is 68.2 Å². The molecule has 1 atom stereocenters. The van der Waals surface area contributed by atoms with E-state index in [-0.39, 0.29) is 11.5 Å². The lowest BCUT2D eigenvalue weighted by Crippen LogP contribution is -2.39. The Hall–Kier alpha value is -4.20. The number of nitrogens with zero attached hydrogens (tertiary/aromatic N) is 3. The molecule has 0 saturated heterocycles. The van der Waals surface area contributed by atoms with Crippen molar-refractivity contribution >= 4 is 16.8 Å². The van der Waals surface area contributed by atoms with Gasteiger partial charge >= 0.3 is 0 Å². The molecular weight excluding hydrogens is 509 g/mol. The highest BCUT2D eigenvalue weighted by molar-refractivity contribution is 5.95. The minimum absolute atomic E-state index is 0.214. The number of hydrogen-bond acceptors (Lipinski definition) is 5. The first kappa shape index (κ1) is 28.8. The summed E-state index contributed by atoms with van der Waals surface area (Å²) in [4.78, 5) is 34.8. The molecule has 0 spiro atoms. The van der Waals surface area contributed by atoms with Gasteiger partial charge in [-0.15, -0.1) is 0 Å². The van der Waals surface area contributed by atoms with Crippen LogP contribution < -0.4 is 15.0 Å². The number of carbonyl (C=O) groups excluding carboxylic acids is 1. The van der Waals surface area contributed by atoms with Crippen molar-refractivity contribution in [2.75, 3.05) is 20.8 Å². The summed E-state index contributed by atoms with van der Waals surface area (Å²) in [6.45, 7) is 4.59. The van der Waals surface area contributed by atoms with Gasteiger partial charge in [0.05, 0.1) is 36.9 Å². The third-order valence-electron chi connectivity index (χ3n) is 7.06. The SMILES string of the molecule is CCCCCCN(C(=O)c1cc(OC)cc(OC)c1)C(CC)c1nc2ccccc2c(=O)n1-c1ccc(F)cc1. The number of benzene rings is 3. The minimum Gasteiger partial charge on any atom is -0.497 e. The Morgan fingerprint density at radius 3 is 2.25 bits per heavy atom. The van der Waals surface area contributed by atoms with Gasteiger partial charge < -0.3 is 14.4 Å². The van der Waals surface area contributed by atoms with E-state index in [2.05, 4.69) is 6.92 Å². The third-order valence-corrected chi connectivity index (χ3v) is 7.06. The van der Waals surface area contributed by atoms with Crippen molar-refractivity contribution in [3.63, 3.8) is 0 Å². The Kier molecular flexibility index (Phi) is 9.53. The maximum Gasteiger partial charge on any atom is 0.266 e. The summed E-state index contributed by atoms with van der Waals surface area (Å²) in [5, 5.41) is 0.448. The monoisotopic (exact) mass is 545 g/mol. The van der Waals surface area contributed by atoms with Gasteiger partial charge in [-0.3, -0.25) is 14.2 Å². The van der Waals surface area contributed by atoms with Crippen molar-refractivity contribution < 1.29 is 18.7 Å². The van der Waals surface area contributed by atoms with Gasteiger partial charge in [0.25, 0.3) is 11.5 Å². The number of amides is 1. The van der Waals surface area contributed by atoms with E-state index in [0.29, 0.717) is 52.4 Å². The number of rotatable bonds is 12. The van der Waals surface area contributed by atoms with Crippen molar-refractivity contribution in [3.05, 3.63) is 94.3 Å². The predicted molar refractivity (Wildman–Crippen MR) is 155 cm³/mol. The van der Waals surface area contributed by atoms with Gasteiger partial charge in [-0.1, -0.05) is 45.2 Å². The van der Waals surface area contributed by atoms with Crippen LogP contribution >= 0.6 is 0 Å². The van der Waals surface area contributed by atoms with Crippen molar-refractivity contribution in [2.45, 2.75) is 52.0 Å². The van der Waals surface area contributed by atoms with Crippen molar-refractivity contribution in [3.8, 4) is 17.2 Å². The van der Waals surface area contributed by atoms with Crippen LogP contribution in [0, 0.1) is 5.82 Å². The molecule has 4 aromatic rings. The number of para-hydroxylation sites is 1. The first-order chi connectivity index (χ1) is 19.4. The van der Waals surface area contributed by atoms with Crippen molar-refractivity contribution in [1.82, 2.24) is 14.5 Å². The van der Waals surface area contributed by atoms with E-state index in [0.717, 1.165) is 25.7 Å². The van der Waals surface area contributed by atoms with Gasteiger partial charge in [0.15, 0.2) is 0 Å². The molecule has 0 N–H and O–H groups in total. The molecular formula is C32H36FN3O4. The van der Waals surface area contributed by atoms with Gasteiger partial charge in [-0.05, 0) is 61.4 Å². The van der Waals surface area contributed by atoms with Crippen LogP contribution in [0.3, 0.4) is 0 Å². The second kappa shape index (κ2) is 13.2. The van der Waals surface area contributed by atoms with E-state index < -0.39 is 11.9 Å². The molecule has 0 saturated carbocycles. The smallest absolute Gasteiger partial charge is 0.266 e. The summed E-state index contributed by atoms with van der Waals surface area (Å²) in [6, 6.07) is 17.5. The molecule has 1 aromatic heterocycles. The number of hydrogen-bond donors (Lipinski definition) is 0. The number of carbonyl (C=O) groups is 1. The highest BCUT2D eigenvalue weighted by Gasteiger charge is 2.30. The number of methoxy groups -OCH3 is 2. The molecule has 0 aliphatic carbocycles. The van der Waals surface area contributed by atoms with E-state index >= 15 is 0 Å². The molecule has 0 aliphatic rings. The van der Waals surface area contributed by atoms with Crippen LogP contribution in [0.25, 0.3) is 16.6 Å². The molecule has 0 radical (unpaired) electrons. The lowest BCUT2D eigenvalue weighted by atomic mass is 10.1. The maximum absolute atomic E-state index is 14.2. The summed E-state index contributed by atoms with van der Waals surface area (Å²) in [5.74, 6) is 0.825. The Labute approximate surface area is 234 Å². The highest BCUT2D eigenvalue weighted by atomic mass is 19.1. The second-order valence-electron chi connectivity index (χ2n) is 9.69. The molecule has 40 heavy (non-hydrogen) atoms. The zero-order valence-corrected chi connectivity index (χ0v) is 23.5. The predicted octanol–water partition coefficient (Wildman–Crippen LogP) is 6.72. The first-order valence-electron chi connectivity index (χ1n) is 13.7. The van der Waals surface area contributed by atoms with Crippen LogP contribution in [-0.4, -0.2) is 41.1 Å². The number of aromatic nitrogens is 2. The van der Waals surface area contributed by atoms with Gasteiger partial charge in [0.2, 0.25) is 0 Å². The summed E-state index contributed by atoms with van der Waals surface area (Å²) < 4.78 is 26.2. The Morgan fingerprint density at radius 1 is 0.950 bits per heavy atom. The molecule has 0 bridgehead atoms. The Balaban J connectivity index is 1.90. The number of fused-ring (bicyclic) bond motifs is 1. The molecule has 7 nitrogen and oxygen atoms in total. The molecule has 4 rings (SSSR count). The lowest BCUT2D eigenvalue weighted by molar-refractivity contribution is 0.0654. The molecule has 1 heterocycles. The highest BCUT2D eigenvalue weighted by Crippen LogP contribution is 2.30. The van der Waals surface area contributed by atoms with Gasteiger partial charge in [0.1, 0.15) is 23.1 Å². The van der Waals surface area contributed by atoms with Crippen LogP contribution in [0.2, 0.25) is 0 Å². The van der Waals surface area contributed by atoms with E-state index in [1.165, 1.54) is 16.7 Å². The lowest BCUT2D eigenvalue weighted by Gasteiger charge is -2.33. The Morgan fingerprint density at radius 2 is 1.62 bits per heavy atom. The van der Waals surface area contributed by atoms with Crippen molar-refractivity contribution in [1.29, 1.82) is 0 Å². The number of unbranched alkanes of at least 4 members (excludes halogenated alkanes) is 3. The largest absolute Gasteiger partial charge is 0.497 e. The molecule has 1 amide bonds. The normalized spacial score (nSPS) is 11.8. The Bertz CT molecular complexity index is 1500. The minimum atomic E-state index is -0.534. The number of ether oxygens (including phenoxy) is 2. The first-order valence-corrected chi connectivity index (χ1v) is 13.7. The maximum atomic E-state index is 14.2. The second-order valence-corrected chi connectivity index (χ2v) is 9.69. The van der Waals surface area contributed by atoms with E-state index in [1.807, 2.05) is 13.0 Å². The fraction of sp³-hybridized carbons (Fsp3) is 0.344. The molecule has 1 unspecified atom stereocenters. The van der Waals surface area contributed by atoms with Crippen LogP contribution in [0.15, 0.2) is 71.5 Å². The molecule has 3 aromatic carbocycles. The molecule has 0 fully saturated rings. The average molecular weight is 546 g/mol. The van der Waals surface area contributed by atoms with Crippen LogP contribution in [0.4, 0.5) is 4.39 Å². The average Bonchev–Trinajstić information content (AvgIpc) is 2.98. The zero-order chi connectivity index (χ0) is 28.6. The fourth-order valence-corrected chi connectivity index (χ4v) is 4.96. The molecule has 0 aliphatic heterocycles. The zero-order valence-electron chi connectivity index (χ0n) is 23.5. The summed E-state index contributed by atoms with van der Waals surface area (Å²) in [7, 11) is 3.08. The number of halogens is 1. The van der Waals surface area contributed by atoms with E-state index in [1.54, 1.807) is 67.7 Å². The van der Waals surface area contributed by atoms with E-state index in [9.17, 15) is 14.0 Å². The summed E-state index contributed by atoms with van der Waals surface area (Å²) in [6.07, 6.45) is 4.39. The standard InChI is InChI=1S/C32H36FN3O4/c1-5-7-8-11-18-35(31(37)22-19-25(39-3)21-26(20-22)40-4)29(6-2)30-34-28-13-10-9-12-27(28)32(38)36(30)24-16-14-23(33)15-17-24/h9-10,12-17,19-21,29H,5-8,11,18H2,1-4H3. The fourth-order valence-electron chi connectivity index (χ4n) is 4.96. The van der Waals surface area contributed by atoms with Gasteiger partial charge in [-0.25, -0.2) is 9.37 Å². The van der Waals surface area contributed by atoms with Crippen LogP contribution in [0.5, 0.6) is 11.5 Å². The summed E-state index contributed by atoms with van der Waals surface area (Å²) in [5.41, 5.74) is 1.17. The van der Waals surface area contributed by atoms with Crippen LogP contribution in [-0.2, 0) is 0 Å². The van der Waals surface area contributed by atoms with Gasteiger partial charge in [0, 0.05) is 18.2 Å². The third kappa shape index (κ3) is 6.17. The van der Waals surface area contributed by atoms with Crippen molar-refractivity contribution in [2.24, 2.45) is 0 Å². The van der Waals surface area contributed by atoms with E-state index in [4.69, 9.17) is 14.5 Å².